The van der Waals surface area contributed by atoms with E-state index in [4.69, 9.17) is 5.11 Å². The van der Waals surface area contributed by atoms with E-state index in [9.17, 15) is 27.9 Å². The molecule has 1 aromatic carbocycles. The molecule has 0 saturated carbocycles. The van der Waals surface area contributed by atoms with Crippen LogP contribution in [0.1, 0.15) is 37.8 Å². The Morgan fingerprint density at radius 3 is 2.37 bits per heavy atom. The number of hydrogen-bond donors (Lipinski definition) is 3. The number of rotatable bonds is 8. The number of alkyl halides is 3. The van der Waals surface area contributed by atoms with Crippen LogP contribution in [0.3, 0.4) is 0 Å². The van der Waals surface area contributed by atoms with Gasteiger partial charge in [0.1, 0.15) is 5.70 Å². The summed E-state index contributed by atoms with van der Waals surface area (Å²) in [6.07, 6.45) is -1.97. The van der Waals surface area contributed by atoms with Crippen LogP contribution in [0.25, 0.3) is 0 Å². The van der Waals surface area contributed by atoms with E-state index in [0.29, 0.717) is 32.4 Å². The van der Waals surface area contributed by atoms with Crippen LogP contribution in [0.2, 0.25) is 0 Å². The van der Waals surface area contributed by atoms with Gasteiger partial charge in [0.15, 0.2) is 0 Å². The average molecular weight is 428 g/mol. The lowest BCUT2D eigenvalue weighted by Crippen LogP contribution is -2.50. The van der Waals surface area contributed by atoms with Crippen molar-refractivity contribution < 1.29 is 33.0 Å². The molecule has 0 amide bonds. The maximum atomic E-state index is 12.7. The Hall–Kier alpha value is -2.55. The number of nitrogens with zero attached hydrogens (tertiary/aromatic N) is 1. The van der Waals surface area contributed by atoms with Crippen LogP contribution in [-0.2, 0) is 22.2 Å². The third kappa shape index (κ3) is 6.76. The predicted octanol–water partition coefficient (Wildman–Crippen LogP) is 3.38. The normalized spacial score (nSPS) is 20.3. The third-order valence-corrected chi connectivity index (χ3v) is 5.02. The second-order valence-corrected chi connectivity index (χ2v) is 7.95. The molecule has 1 heterocycles. The predicted molar refractivity (Wildman–Crippen MR) is 105 cm³/mol. The van der Waals surface area contributed by atoms with Gasteiger partial charge in [0.05, 0.1) is 11.6 Å². The number of carboxylic acids is 2. The maximum Gasteiger partial charge on any atom is 0.416 e. The lowest BCUT2D eigenvalue weighted by Gasteiger charge is -2.40. The lowest BCUT2D eigenvalue weighted by molar-refractivity contribution is -0.137. The van der Waals surface area contributed by atoms with Gasteiger partial charge in [-0.3, -0.25) is 0 Å². The fourth-order valence-corrected chi connectivity index (χ4v) is 3.76. The zero-order chi connectivity index (χ0) is 22.5. The first-order valence-electron chi connectivity index (χ1n) is 9.81. The van der Waals surface area contributed by atoms with Crippen LogP contribution >= 0.6 is 0 Å². The van der Waals surface area contributed by atoms with Crippen LogP contribution in [0, 0.1) is 5.92 Å². The van der Waals surface area contributed by atoms with Crippen LogP contribution < -0.4 is 5.32 Å². The van der Waals surface area contributed by atoms with E-state index in [1.165, 1.54) is 12.1 Å². The smallest absolute Gasteiger partial charge is 0.416 e. The summed E-state index contributed by atoms with van der Waals surface area (Å²) in [6.45, 7) is 4.84. The number of benzene rings is 1. The molecule has 2 unspecified atom stereocenters. The number of piperidine rings is 1. The van der Waals surface area contributed by atoms with E-state index >= 15 is 0 Å². The second kappa shape index (κ2) is 9.97. The van der Waals surface area contributed by atoms with Gasteiger partial charge in [0, 0.05) is 18.6 Å². The molecular weight excluding hydrogens is 401 g/mol. The molecule has 9 heteroatoms. The highest BCUT2D eigenvalue weighted by Gasteiger charge is 2.32. The van der Waals surface area contributed by atoms with Gasteiger partial charge >= 0.3 is 18.1 Å². The first kappa shape index (κ1) is 23.7. The molecular formula is C21H27F3N2O4. The first-order valence-corrected chi connectivity index (χ1v) is 9.81. The summed E-state index contributed by atoms with van der Waals surface area (Å²) in [5, 5.41) is 22.0. The molecule has 0 spiro atoms. The van der Waals surface area contributed by atoms with Crippen molar-refractivity contribution in [3.05, 3.63) is 47.2 Å². The number of halogens is 3. The van der Waals surface area contributed by atoms with Crippen molar-refractivity contribution in [1.29, 1.82) is 0 Å². The van der Waals surface area contributed by atoms with Gasteiger partial charge in [-0.25, -0.2) is 9.59 Å². The molecule has 166 valence electrons. The number of carboxylic acid groups (broad SMARTS) is 2. The highest BCUT2D eigenvalue weighted by Crippen LogP contribution is 2.30. The summed E-state index contributed by atoms with van der Waals surface area (Å²) in [5.41, 5.74) is -0.207. The van der Waals surface area contributed by atoms with Crippen LogP contribution in [0.4, 0.5) is 13.2 Å². The summed E-state index contributed by atoms with van der Waals surface area (Å²) >= 11 is 0. The number of carbonyl (C=O) groups is 2. The molecule has 1 fully saturated rings. The van der Waals surface area contributed by atoms with Crippen molar-refractivity contribution in [2.24, 2.45) is 5.92 Å². The minimum Gasteiger partial charge on any atom is -0.478 e. The molecule has 0 aromatic heterocycles. The quantitative estimate of drug-likeness (QED) is 0.550. The van der Waals surface area contributed by atoms with Gasteiger partial charge in [-0.1, -0.05) is 26.0 Å². The molecule has 2 atom stereocenters. The molecule has 0 aliphatic carbocycles. The monoisotopic (exact) mass is 428 g/mol. The Balaban J connectivity index is 2.16. The average Bonchev–Trinajstić information content (AvgIpc) is 2.64. The van der Waals surface area contributed by atoms with Gasteiger partial charge in [-0.15, -0.1) is 0 Å². The highest BCUT2D eigenvalue weighted by atomic mass is 19.4. The molecule has 6 nitrogen and oxygen atoms in total. The Bertz CT molecular complexity index is 775. The summed E-state index contributed by atoms with van der Waals surface area (Å²) in [7, 11) is 0. The van der Waals surface area contributed by atoms with E-state index in [0.717, 1.165) is 23.8 Å². The molecule has 1 aromatic rings. The fraction of sp³-hybridized carbons (Fsp3) is 0.524. The molecule has 0 bridgehead atoms. The van der Waals surface area contributed by atoms with Gasteiger partial charge in [0.2, 0.25) is 0 Å². The van der Waals surface area contributed by atoms with Crippen LogP contribution in [-0.4, -0.2) is 52.2 Å². The zero-order valence-electron chi connectivity index (χ0n) is 16.9. The summed E-state index contributed by atoms with van der Waals surface area (Å²) < 4.78 is 38.2. The van der Waals surface area contributed by atoms with Crippen molar-refractivity contribution >= 4 is 11.9 Å². The van der Waals surface area contributed by atoms with E-state index in [1.54, 1.807) is 4.90 Å². The topological polar surface area (TPSA) is 89.9 Å². The molecule has 1 aliphatic heterocycles. The first-order chi connectivity index (χ1) is 14.0. The summed E-state index contributed by atoms with van der Waals surface area (Å²) in [5.74, 6) is -2.50. The van der Waals surface area contributed by atoms with Crippen LogP contribution in [0.15, 0.2) is 36.0 Å². The van der Waals surface area contributed by atoms with Gasteiger partial charge in [-0.05, 0) is 49.4 Å². The van der Waals surface area contributed by atoms with Gasteiger partial charge < -0.3 is 20.4 Å². The standard InChI is InChI=1S/C21H27F3N2O4/c1-13(2)12-26(18(20(29)30)11-19(27)28)17-7-8-25-16(10-17)9-14-3-5-15(6-4-14)21(22,23)24/h3-6,11,13,16-17,25H,7-10,12H2,1-2H3,(H,27,28)(H,29,30)/b18-11+. The molecule has 1 aliphatic rings. The Labute approximate surface area is 173 Å². The third-order valence-electron chi connectivity index (χ3n) is 5.02. The highest BCUT2D eigenvalue weighted by molar-refractivity contribution is 5.94. The minimum atomic E-state index is -4.38. The Morgan fingerprint density at radius 2 is 1.87 bits per heavy atom. The molecule has 2 rings (SSSR count). The number of hydrogen-bond acceptors (Lipinski definition) is 4. The van der Waals surface area contributed by atoms with E-state index in [2.05, 4.69) is 5.32 Å². The van der Waals surface area contributed by atoms with Crippen molar-refractivity contribution in [3.8, 4) is 0 Å². The Kier molecular flexibility index (Phi) is 7.89. The van der Waals surface area contributed by atoms with Crippen molar-refractivity contribution in [2.75, 3.05) is 13.1 Å². The molecule has 30 heavy (non-hydrogen) atoms. The van der Waals surface area contributed by atoms with Crippen molar-refractivity contribution in [3.63, 3.8) is 0 Å². The summed E-state index contributed by atoms with van der Waals surface area (Å²) in [4.78, 5) is 24.5. The molecule has 0 radical (unpaired) electrons. The Morgan fingerprint density at radius 1 is 1.23 bits per heavy atom. The minimum absolute atomic E-state index is 0.0602. The second-order valence-electron chi connectivity index (χ2n) is 7.95. The van der Waals surface area contributed by atoms with Crippen molar-refractivity contribution in [2.45, 2.75) is 51.4 Å². The molecule has 3 N–H and O–H groups in total. The van der Waals surface area contributed by atoms with E-state index in [-0.39, 0.29) is 23.7 Å². The SMILES string of the molecule is CC(C)CN(/C(=C/C(=O)O)C(=O)O)C1CCNC(Cc2ccc(C(F)(F)F)cc2)C1. The van der Waals surface area contributed by atoms with E-state index in [1.807, 2.05) is 13.8 Å². The van der Waals surface area contributed by atoms with Gasteiger partial charge in [0.25, 0.3) is 0 Å². The van der Waals surface area contributed by atoms with Gasteiger partial charge in [-0.2, -0.15) is 13.2 Å². The summed E-state index contributed by atoms with van der Waals surface area (Å²) in [6, 6.07) is 4.77. The lowest BCUT2D eigenvalue weighted by atomic mass is 9.92. The fourth-order valence-electron chi connectivity index (χ4n) is 3.76. The van der Waals surface area contributed by atoms with Crippen molar-refractivity contribution in [1.82, 2.24) is 10.2 Å². The largest absolute Gasteiger partial charge is 0.478 e. The zero-order valence-corrected chi connectivity index (χ0v) is 16.9. The molecule has 1 saturated heterocycles. The van der Waals surface area contributed by atoms with E-state index < -0.39 is 23.7 Å². The number of aliphatic carboxylic acids is 2. The van der Waals surface area contributed by atoms with Crippen LogP contribution in [0.5, 0.6) is 0 Å². The maximum absolute atomic E-state index is 12.7. The number of nitrogens with one attached hydrogen (secondary N) is 1.